The average Bonchev–Trinajstić information content (AvgIpc) is 2.71. The van der Waals surface area contributed by atoms with Gasteiger partial charge in [-0.25, -0.2) is 0 Å². The molecule has 1 aromatic heterocycles. The molecule has 3 rings (SSSR count). The molecule has 0 saturated heterocycles. The number of rotatable bonds is 1. The van der Waals surface area contributed by atoms with Gasteiger partial charge in [0.05, 0.1) is 16.9 Å². The first kappa shape index (κ1) is 9.52. The highest BCUT2D eigenvalue weighted by atomic mass is 14.8. The third-order valence-corrected chi connectivity index (χ3v) is 3.08. The average molecular weight is 210 g/mol. The van der Waals surface area contributed by atoms with Gasteiger partial charge >= 0.3 is 0 Å². The summed E-state index contributed by atoms with van der Waals surface area (Å²) >= 11 is 0. The lowest BCUT2D eigenvalue weighted by Crippen LogP contribution is -1.91. The van der Waals surface area contributed by atoms with Gasteiger partial charge in [-0.15, -0.1) is 0 Å². The molecule has 0 bridgehead atoms. The van der Waals surface area contributed by atoms with Gasteiger partial charge in [0, 0.05) is 18.0 Å². The molecule has 2 heterocycles. The number of nitrogens with zero attached hydrogens (tertiary/aromatic N) is 2. The van der Waals surface area contributed by atoms with Crippen LogP contribution in [0.4, 0.5) is 5.69 Å². The van der Waals surface area contributed by atoms with Crippen molar-refractivity contribution in [2.24, 2.45) is 4.99 Å². The fourth-order valence-electron chi connectivity index (χ4n) is 2.06. The molecule has 0 atom stereocenters. The van der Waals surface area contributed by atoms with E-state index < -0.39 is 0 Å². The summed E-state index contributed by atoms with van der Waals surface area (Å²) in [6, 6.07) is 8.65. The standard InChI is InChI=1S/C14H14N2/c1-9(2)10-3-4-11-8-14-12(5-6-15-14)16-13(11)7-10/h3-4,6-9H,5H2,1-2H3. The first-order chi connectivity index (χ1) is 7.74. The number of pyridine rings is 1. The van der Waals surface area contributed by atoms with Crippen molar-refractivity contribution >= 4 is 22.8 Å². The van der Waals surface area contributed by atoms with Crippen LogP contribution in [0.25, 0.3) is 10.9 Å². The van der Waals surface area contributed by atoms with Crippen molar-refractivity contribution in [3.05, 3.63) is 35.5 Å². The topological polar surface area (TPSA) is 25.2 Å². The number of aliphatic imine (C=N–C) groups is 1. The lowest BCUT2D eigenvalue weighted by molar-refractivity contribution is 0.868. The van der Waals surface area contributed by atoms with Crippen molar-refractivity contribution in [2.45, 2.75) is 26.2 Å². The van der Waals surface area contributed by atoms with Gasteiger partial charge in [-0.05, 0) is 23.6 Å². The normalized spacial score (nSPS) is 13.7. The van der Waals surface area contributed by atoms with E-state index in [1.54, 1.807) is 0 Å². The van der Waals surface area contributed by atoms with Gasteiger partial charge in [-0.2, -0.15) is 0 Å². The zero-order chi connectivity index (χ0) is 11.1. The van der Waals surface area contributed by atoms with Crippen LogP contribution in [0.3, 0.4) is 0 Å². The smallest absolute Gasteiger partial charge is 0.0851 e. The molecular weight excluding hydrogens is 196 g/mol. The van der Waals surface area contributed by atoms with E-state index >= 15 is 0 Å². The highest BCUT2D eigenvalue weighted by Crippen LogP contribution is 2.28. The maximum atomic E-state index is 4.67. The van der Waals surface area contributed by atoms with E-state index in [-0.39, 0.29) is 0 Å². The second-order valence-electron chi connectivity index (χ2n) is 4.58. The highest BCUT2D eigenvalue weighted by Gasteiger charge is 2.10. The van der Waals surface area contributed by atoms with E-state index in [0.717, 1.165) is 23.3 Å². The van der Waals surface area contributed by atoms with Crippen LogP contribution >= 0.6 is 0 Å². The molecule has 0 spiro atoms. The lowest BCUT2D eigenvalue weighted by Gasteiger charge is -2.07. The Kier molecular flexibility index (Phi) is 2.03. The summed E-state index contributed by atoms with van der Waals surface area (Å²) in [5.74, 6) is 0.552. The third kappa shape index (κ3) is 1.42. The Labute approximate surface area is 95.0 Å². The van der Waals surface area contributed by atoms with E-state index in [2.05, 4.69) is 48.1 Å². The van der Waals surface area contributed by atoms with Crippen LogP contribution in [0.5, 0.6) is 0 Å². The summed E-state index contributed by atoms with van der Waals surface area (Å²) in [7, 11) is 0. The quantitative estimate of drug-likeness (QED) is 0.705. The number of fused-ring (bicyclic) bond motifs is 2. The van der Waals surface area contributed by atoms with Crippen LogP contribution in [0.2, 0.25) is 0 Å². The molecule has 1 aliphatic heterocycles. The molecular formula is C14H14N2. The van der Waals surface area contributed by atoms with Gasteiger partial charge in [0.1, 0.15) is 0 Å². The molecule has 2 aromatic rings. The van der Waals surface area contributed by atoms with E-state index in [0.29, 0.717) is 5.92 Å². The highest BCUT2D eigenvalue weighted by molar-refractivity contribution is 5.86. The van der Waals surface area contributed by atoms with Crippen LogP contribution < -0.4 is 0 Å². The Bertz CT molecular complexity index is 583. The molecule has 2 heteroatoms. The fraction of sp³-hybridized carbons (Fsp3) is 0.286. The second-order valence-corrected chi connectivity index (χ2v) is 4.58. The summed E-state index contributed by atoms with van der Waals surface area (Å²) in [6.07, 6.45) is 2.80. The number of benzene rings is 1. The molecule has 0 aliphatic carbocycles. The van der Waals surface area contributed by atoms with Crippen molar-refractivity contribution in [1.29, 1.82) is 0 Å². The number of hydrogen-bond acceptors (Lipinski definition) is 2. The minimum atomic E-state index is 0.552. The molecule has 80 valence electrons. The maximum absolute atomic E-state index is 4.67. The molecule has 0 unspecified atom stereocenters. The molecule has 0 N–H and O–H groups in total. The Morgan fingerprint density at radius 2 is 2.06 bits per heavy atom. The summed E-state index contributed by atoms with van der Waals surface area (Å²) in [5.41, 5.74) is 4.58. The molecule has 0 radical (unpaired) electrons. The van der Waals surface area contributed by atoms with E-state index in [1.165, 1.54) is 10.9 Å². The van der Waals surface area contributed by atoms with Crippen molar-refractivity contribution in [3.8, 4) is 0 Å². The van der Waals surface area contributed by atoms with Crippen LogP contribution in [0.1, 0.15) is 31.0 Å². The molecule has 0 amide bonds. The summed E-state index contributed by atoms with van der Waals surface area (Å²) in [6.45, 7) is 4.41. The largest absolute Gasteiger partial charge is 0.259 e. The van der Waals surface area contributed by atoms with Crippen molar-refractivity contribution in [3.63, 3.8) is 0 Å². The minimum Gasteiger partial charge on any atom is -0.259 e. The van der Waals surface area contributed by atoms with E-state index in [4.69, 9.17) is 0 Å². The van der Waals surface area contributed by atoms with Crippen molar-refractivity contribution in [1.82, 2.24) is 4.98 Å². The van der Waals surface area contributed by atoms with Gasteiger partial charge in [0.2, 0.25) is 0 Å². The predicted molar refractivity (Wildman–Crippen MR) is 67.7 cm³/mol. The Morgan fingerprint density at radius 1 is 1.19 bits per heavy atom. The SMILES string of the molecule is CC(C)c1ccc2cc3c(nc2c1)CC=N3. The molecule has 0 saturated carbocycles. The number of aromatic nitrogens is 1. The van der Waals surface area contributed by atoms with Crippen molar-refractivity contribution in [2.75, 3.05) is 0 Å². The fourth-order valence-corrected chi connectivity index (χ4v) is 2.06. The Balaban J connectivity index is 2.22. The van der Waals surface area contributed by atoms with Gasteiger partial charge in [-0.3, -0.25) is 9.98 Å². The Morgan fingerprint density at radius 3 is 2.88 bits per heavy atom. The predicted octanol–water partition coefficient (Wildman–Crippen LogP) is 3.62. The van der Waals surface area contributed by atoms with Crippen LogP contribution in [0.15, 0.2) is 29.3 Å². The first-order valence-electron chi connectivity index (χ1n) is 5.70. The Hall–Kier alpha value is -1.70. The number of hydrogen-bond donors (Lipinski definition) is 0. The van der Waals surface area contributed by atoms with E-state index in [1.807, 2.05) is 6.21 Å². The minimum absolute atomic E-state index is 0.552. The van der Waals surface area contributed by atoms with Gasteiger partial charge in [0.25, 0.3) is 0 Å². The van der Waals surface area contributed by atoms with Gasteiger partial charge < -0.3 is 0 Å². The molecule has 0 fully saturated rings. The second kappa shape index (κ2) is 3.41. The molecule has 1 aliphatic rings. The third-order valence-electron chi connectivity index (χ3n) is 3.08. The van der Waals surface area contributed by atoms with Crippen molar-refractivity contribution < 1.29 is 0 Å². The van der Waals surface area contributed by atoms with Gasteiger partial charge in [0.15, 0.2) is 0 Å². The molecule has 16 heavy (non-hydrogen) atoms. The summed E-state index contributed by atoms with van der Waals surface area (Å²) < 4.78 is 0. The van der Waals surface area contributed by atoms with Crippen LogP contribution in [0, 0.1) is 0 Å². The lowest BCUT2D eigenvalue weighted by atomic mass is 10.0. The first-order valence-corrected chi connectivity index (χ1v) is 5.70. The monoisotopic (exact) mass is 210 g/mol. The molecule has 1 aromatic carbocycles. The maximum Gasteiger partial charge on any atom is 0.0851 e. The van der Waals surface area contributed by atoms with E-state index in [9.17, 15) is 0 Å². The zero-order valence-corrected chi connectivity index (χ0v) is 9.57. The van der Waals surface area contributed by atoms with Crippen LogP contribution in [-0.2, 0) is 6.42 Å². The summed E-state index contributed by atoms with van der Waals surface area (Å²) in [5, 5.41) is 1.18. The summed E-state index contributed by atoms with van der Waals surface area (Å²) in [4.78, 5) is 8.99. The van der Waals surface area contributed by atoms with Crippen LogP contribution in [-0.4, -0.2) is 11.2 Å². The van der Waals surface area contributed by atoms with Gasteiger partial charge in [-0.1, -0.05) is 26.0 Å². The molecule has 2 nitrogen and oxygen atoms in total. The zero-order valence-electron chi connectivity index (χ0n) is 9.57.